The first kappa shape index (κ1) is 19.7. The number of aromatic hydroxyl groups is 1. The molecule has 0 atom stereocenters. The van der Waals surface area contributed by atoms with E-state index < -0.39 is 16.0 Å². The minimum atomic E-state index is -3.64. The number of aromatic carboxylic acids is 1. The molecule has 2 aromatic heterocycles. The van der Waals surface area contributed by atoms with Gasteiger partial charge in [0.2, 0.25) is 10.0 Å². The van der Waals surface area contributed by atoms with Crippen molar-refractivity contribution >= 4 is 49.3 Å². The summed E-state index contributed by atoms with van der Waals surface area (Å²) in [4.78, 5) is 19.0. The lowest BCUT2D eigenvalue weighted by atomic mass is 10.1. The quantitative estimate of drug-likeness (QED) is 0.385. The molecule has 9 nitrogen and oxygen atoms in total. The molecule has 0 fully saturated rings. The Morgan fingerprint density at radius 3 is 2.57 bits per heavy atom. The zero-order chi connectivity index (χ0) is 21.6. The maximum absolute atomic E-state index is 12.4. The highest BCUT2D eigenvalue weighted by Gasteiger charge is 2.19. The number of H-pyrrole nitrogens is 1. The van der Waals surface area contributed by atoms with Crippen molar-refractivity contribution < 1.29 is 23.4 Å². The maximum atomic E-state index is 12.4. The zero-order valence-electron chi connectivity index (χ0n) is 16.0. The lowest BCUT2D eigenvalue weighted by Gasteiger charge is -2.13. The second-order valence-electron chi connectivity index (χ2n) is 6.88. The highest BCUT2D eigenvalue weighted by Crippen LogP contribution is 2.33. The number of fused-ring (bicyclic) bond motifs is 3. The average molecular weight is 426 g/mol. The van der Waals surface area contributed by atoms with Gasteiger partial charge in [-0.3, -0.25) is 0 Å². The van der Waals surface area contributed by atoms with E-state index in [4.69, 9.17) is 0 Å². The Labute approximate surface area is 171 Å². The number of benzene rings is 2. The predicted molar refractivity (Wildman–Crippen MR) is 113 cm³/mol. The van der Waals surface area contributed by atoms with Crippen molar-refractivity contribution in [3.05, 3.63) is 54.2 Å². The fourth-order valence-electron chi connectivity index (χ4n) is 3.17. The second kappa shape index (κ2) is 7.01. The molecule has 0 aliphatic carbocycles. The lowest BCUT2D eigenvalue weighted by molar-refractivity contribution is 0.0691. The molecule has 0 unspecified atom stereocenters. The summed E-state index contributed by atoms with van der Waals surface area (Å²) in [5.41, 5.74) is 1.40. The van der Waals surface area contributed by atoms with E-state index in [-0.39, 0.29) is 22.2 Å². The van der Waals surface area contributed by atoms with Crippen molar-refractivity contribution in [3.8, 4) is 5.75 Å². The smallest absolute Gasteiger partial charge is 0.354 e. The first-order valence-electron chi connectivity index (χ1n) is 8.85. The summed E-state index contributed by atoms with van der Waals surface area (Å²) in [5, 5.41) is 23.6. The first-order chi connectivity index (χ1) is 14.2. The molecule has 0 amide bonds. The van der Waals surface area contributed by atoms with Gasteiger partial charge in [-0.1, -0.05) is 6.07 Å². The highest BCUT2D eigenvalue weighted by molar-refractivity contribution is 7.89. The fraction of sp³-hybridized carbons (Fsp3) is 0.100. The number of nitrogens with one attached hydrogen (secondary N) is 2. The fourth-order valence-corrected chi connectivity index (χ4v) is 4.12. The largest absolute Gasteiger partial charge is 0.508 e. The van der Waals surface area contributed by atoms with Gasteiger partial charge in [-0.05, 0) is 36.4 Å². The van der Waals surface area contributed by atoms with Crippen LogP contribution in [0.3, 0.4) is 0 Å². The summed E-state index contributed by atoms with van der Waals surface area (Å²) in [6, 6.07) is 12.3. The number of carboxylic acids is 1. The number of aromatic nitrogens is 2. The summed E-state index contributed by atoms with van der Waals surface area (Å²) in [6.45, 7) is 0. The van der Waals surface area contributed by atoms with Crippen LogP contribution in [0.4, 0.5) is 11.5 Å². The molecule has 0 saturated heterocycles. The number of carbonyl (C=O) groups is 1. The van der Waals surface area contributed by atoms with Crippen LogP contribution in [-0.4, -0.2) is 53.0 Å². The third-order valence-electron chi connectivity index (χ3n) is 4.67. The van der Waals surface area contributed by atoms with E-state index in [1.165, 1.54) is 44.4 Å². The van der Waals surface area contributed by atoms with Crippen LogP contribution in [-0.2, 0) is 10.0 Å². The SMILES string of the molecule is CN(C)S(=O)(=O)c1cccc(Nc2nc(C(=O)O)cc3c2[nH]c2cc(O)ccc23)c1. The Balaban J connectivity index is 1.89. The number of rotatable bonds is 5. The normalized spacial score (nSPS) is 12.0. The zero-order valence-corrected chi connectivity index (χ0v) is 16.9. The Hall–Kier alpha value is -3.63. The molecule has 10 heteroatoms. The summed E-state index contributed by atoms with van der Waals surface area (Å²) >= 11 is 0. The molecule has 154 valence electrons. The van der Waals surface area contributed by atoms with E-state index in [9.17, 15) is 23.4 Å². The van der Waals surface area contributed by atoms with Crippen LogP contribution in [0.5, 0.6) is 5.75 Å². The Bertz CT molecular complexity index is 1410. The van der Waals surface area contributed by atoms with Crippen LogP contribution in [0.25, 0.3) is 21.8 Å². The van der Waals surface area contributed by atoms with Gasteiger partial charge >= 0.3 is 5.97 Å². The molecule has 30 heavy (non-hydrogen) atoms. The summed E-state index contributed by atoms with van der Waals surface area (Å²) in [7, 11) is -0.755. The van der Waals surface area contributed by atoms with E-state index in [1.807, 2.05) is 0 Å². The lowest BCUT2D eigenvalue weighted by Crippen LogP contribution is -2.22. The van der Waals surface area contributed by atoms with Gasteiger partial charge < -0.3 is 20.5 Å². The molecule has 0 aliphatic heterocycles. The molecular formula is C20H18N4O5S. The van der Waals surface area contributed by atoms with Gasteiger partial charge in [0.15, 0.2) is 11.5 Å². The molecular weight excluding hydrogens is 408 g/mol. The molecule has 4 rings (SSSR count). The van der Waals surface area contributed by atoms with E-state index in [0.29, 0.717) is 22.1 Å². The van der Waals surface area contributed by atoms with Crippen LogP contribution in [0.2, 0.25) is 0 Å². The van der Waals surface area contributed by atoms with E-state index in [0.717, 1.165) is 9.69 Å². The van der Waals surface area contributed by atoms with Crippen molar-refractivity contribution in [2.24, 2.45) is 0 Å². The van der Waals surface area contributed by atoms with Gasteiger partial charge in [0.25, 0.3) is 0 Å². The molecule has 2 aromatic carbocycles. The predicted octanol–water partition coefficient (Wildman–Crippen LogP) is 3.11. The van der Waals surface area contributed by atoms with Crippen LogP contribution in [0, 0.1) is 0 Å². The average Bonchev–Trinajstić information content (AvgIpc) is 3.05. The van der Waals surface area contributed by atoms with E-state index in [1.54, 1.807) is 18.2 Å². The summed E-state index contributed by atoms with van der Waals surface area (Å²) in [5.74, 6) is -0.909. The number of hydrogen-bond acceptors (Lipinski definition) is 6. The molecule has 0 radical (unpaired) electrons. The van der Waals surface area contributed by atoms with Crippen molar-refractivity contribution in [2.45, 2.75) is 4.90 Å². The number of pyridine rings is 1. The number of anilines is 2. The van der Waals surface area contributed by atoms with E-state index in [2.05, 4.69) is 15.3 Å². The molecule has 4 aromatic rings. The molecule has 2 heterocycles. The van der Waals surface area contributed by atoms with Gasteiger partial charge in [-0.2, -0.15) is 0 Å². The third-order valence-corrected chi connectivity index (χ3v) is 6.48. The van der Waals surface area contributed by atoms with Crippen LogP contribution >= 0.6 is 0 Å². The summed E-state index contributed by atoms with van der Waals surface area (Å²) in [6.07, 6.45) is 0. The molecule has 0 aliphatic rings. The molecule has 0 saturated carbocycles. The summed E-state index contributed by atoms with van der Waals surface area (Å²) < 4.78 is 25.9. The van der Waals surface area contributed by atoms with Gasteiger partial charge in [0.05, 0.1) is 15.9 Å². The van der Waals surface area contributed by atoms with Crippen LogP contribution in [0.1, 0.15) is 10.5 Å². The number of hydrogen-bond donors (Lipinski definition) is 4. The highest BCUT2D eigenvalue weighted by atomic mass is 32.2. The maximum Gasteiger partial charge on any atom is 0.354 e. The topological polar surface area (TPSA) is 136 Å². The number of phenolic OH excluding ortho intramolecular Hbond substituents is 1. The van der Waals surface area contributed by atoms with Gasteiger partial charge in [0.1, 0.15) is 5.75 Å². The third kappa shape index (κ3) is 3.31. The number of carboxylic acid groups (broad SMARTS) is 1. The van der Waals surface area contributed by atoms with Crippen LogP contribution < -0.4 is 5.32 Å². The van der Waals surface area contributed by atoms with Crippen molar-refractivity contribution in [2.75, 3.05) is 19.4 Å². The Morgan fingerprint density at radius 2 is 1.87 bits per heavy atom. The molecule has 0 spiro atoms. The van der Waals surface area contributed by atoms with Gasteiger partial charge in [-0.15, -0.1) is 0 Å². The second-order valence-corrected chi connectivity index (χ2v) is 9.03. The van der Waals surface area contributed by atoms with Crippen molar-refractivity contribution in [1.82, 2.24) is 14.3 Å². The molecule has 0 bridgehead atoms. The van der Waals surface area contributed by atoms with Crippen molar-refractivity contribution in [1.29, 1.82) is 0 Å². The number of aromatic amines is 1. The van der Waals surface area contributed by atoms with Crippen LogP contribution in [0.15, 0.2) is 53.4 Å². The van der Waals surface area contributed by atoms with E-state index >= 15 is 0 Å². The minimum absolute atomic E-state index is 0.0663. The number of nitrogens with zero attached hydrogens (tertiary/aromatic N) is 2. The van der Waals surface area contributed by atoms with Gasteiger partial charge in [0, 0.05) is 36.6 Å². The standard InChI is InChI=1S/C20H18N4O5S/c1-24(2)30(28,29)13-5-3-4-11(8-13)21-19-18-15(10-17(23-19)20(26)27)14-7-6-12(25)9-16(14)22-18/h3-10,22,25H,1-2H3,(H,21,23)(H,26,27). The first-order valence-corrected chi connectivity index (χ1v) is 10.3. The minimum Gasteiger partial charge on any atom is -0.508 e. The molecule has 4 N–H and O–H groups in total. The Morgan fingerprint density at radius 1 is 1.10 bits per heavy atom. The van der Waals surface area contributed by atoms with Crippen molar-refractivity contribution in [3.63, 3.8) is 0 Å². The number of sulfonamides is 1. The Kier molecular flexibility index (Phi) is 4.60. The number of phenols is 1. The monoisotopic (exact) mass is 426 g/mol. The van der Waals surface area contributed by atoms with Gasteiger partial charge in [-0.25, -0.2) is 22.5 Å².